The van der Waals surface area contributed by atoms with Crippen molar-refractivity contribution in [3.05, 3.63) is 68.8 Å². The third-order valence-corrected chi connectivity index (χ3v) is 3.38. The lowest BCUT2D eigenvalue weighted by Crippen LogP contribution is -2.17. The number of nitrogens with zero attached hydrogens (tertiary/aromatic N) is 1. The van der Waals surface area contributed by atoms with E-state index < -0.39 is 0 Å². The Bertz CT molecular complexity index is 606. The first-order valence-corrected chi connectivity index (χ1v) is 6.89. The van der Waals surface area contributed by atoms with Crippen molar-refractivity contribution in [2.45, 2.75) is 6.92 Å². The second-order valence-corrected chi connectivity index (χ2v) is 5.31. The molecule has 1 N–H and O–H groups in total. The molecule has 2 aromatic rings. The summed E-state index contributed by atoms with van der Waals surface area (Å²) in [5.41, 5.74) is 5.23. The van der Waals surface area contributed by atoms with Crippen LogP contribution in [-0.2, 0) is 0 Å². The van der Waals surface area contributed by atoms with E-state index >= 15 is 0 Å². The largest absolute Gasteiger partial charge is 0.271 e. The second kappa shape index (κ2) is 6.47. The monoisotopic (exact) mass is 364 g/mol. The standard InChI is InChI=1S/C15H13IN2O/c1-11-4-2-3-5-13(11)10-17-18-15(19)12-6-8-14(16)9-7-12/h2-10H,1H3,(H,18,19)/b17-10-. The first-order valence-electron chi connectivity index (χ1n) is 5.81. The van der Waals surface area contributed by atoms with Gasteiger partial charge in [-0.15, -0.1) is 0 Å². The van der Waals surface area contributed by atoms with Crippen molar-refractivity contribution in [1.82, 2.24) is 5.43 Å². The quantitative estimate of drug-likeness (QED) is 0.507. The van der Waals surface area contributed by atoms with Crippen LogP contribution in [0.25, 0.3) is 0 Å². The van der Waals surface area contributed by atoms with Crippen LogP contribution in [0.2, 0.25) is 0 Å². The summed E-state index contributed by atoms with van der Waals surface area (Å²) >= 11 is 2.20. The predicted octanol–water partition coefficient (Wildman–Crippen LogP) is 3.36. The van der Waals surface area contributed by atoms with Gasteiger partial charge in [-0.3, -0.25) is 4.79 Å². The summed E-state index contributed by atoms with van der Waals surface area (Å²) in [6.07, 6.45) is 1.65. The maximum absolute atomic E-state index is 11.8. The number of nitrogens with one attached hydrogen (secondary N) is 1. The summed E-state index contributed by atoms with van der Waals surface area (Å²) in [5.74, 6) is -0.207. The normalized spacial score (nSPS) is 10.6. The molecule has 0 fully saturated rings. The molecule has 19 heavy (non-hydrogen) atoms. The molecule has 0 aliphatic heterocycles. The number of rotatable bonds is 3. The Morgan fingerprint density at radius 3 is 2.53 bits per heavy atom. The Labute approximate surface area is 125 Å². The Balaban J connectivity index is 2.01. The topological polar surface area (TPSA) is 41.5 Å². The van der Waals surface area contributed by atoms with E-state index in [9.17, 15) is 4.79 Å². The van der Waals surface area contributed by atoms with Crippen LogP contribution in [0.1, 0.15) is 21.5 Å². The van der Waals surface area contributed by atoms with Crippen LogP contribution < -0.4 is 5.43 Å². The Hall–Kier alpha value is -1.69. The molecule has 3 nitrogen and oxygen atoms in total. The van der Waals surface area contributed by atoms with Gasteiger partial charge in [-0.05, 0) is 64.9 Å². The van der Waals surface area contributed by atoms with Gasteiger partial charge in [-0.25, -0.2) is 5.43 Å². The summed E-state index contributed by atoms with van der Waals surface area (Å²) in [7, 11) is 0. The van der Waals surface area contributed by atoms with Gasteiger partial charge in [-0.1, -0.05) is 24.3 Å². The Morgan fingerprint density at radius 2 is 1.84 bits per heavy atom. The van der Waals surface area contributed by atoms with Crippen molar-refractivity contribution in [2.75, 3.05) is 0 Å². The molecule has 0 heterocycles. The molecule has 1 amide bonds. The fraction of sp³-hybridized carbons (Fsp3) is 0.0667. The van der Waals surface area contributed by atoms with Crippen LogP contribution in [0.15, 0.2) is 53.6 Å². The number of carbonyl (C=O) groups excluding carboxylic acids is 1. The molecule has 2 rings (SSSR count). The predicted molar refractivity (Wildman–Crippen MR) is 85.4 cm³/mol. The molecule has 96 valence electrons. The minimum atomic E-state index is -0.207. The maximum atomic E-state index is 11.8. The third-order valence-electron chi connectivity index (χ3n) is 2.66. The zero-order chi connectivity index (χ0) is 13.7. The van der Waals surface area contributed by atoms with Crippen LogP contribution in [0.4, 0.5) is 0 Å². The van der Waals surface area contributed by atoms with Crippen LogP contribution in [0.3, 0.4) is 0 Å². The molecule has 2 aromatic carbocycles. The molecule has 0 unspecified atom stereocenters. The van der Waals surface area contributed by atoms with Gasteiger partial charge in [-0.2, -0.15) is 5.10 Å². The Kier molecular flexibility index (Phi) is 4.68. The molecule has 0 spiro atoms. The smallest absolute Gasteiger partial charge is 0.267 e. The highest BCUT2D eigenvalue weighted by Gasteiger charge is 2.02. The van der Waals surface area contributed by atoms with Gasteiger partial charge in [0.25, 0.3) is 5.91 Å². The summed E-state index contributed by atoms with van der Waals surface area (Å²) < 4.78 is 1.09. The van der Waals surface area contributed by atoms with Gasteiger partial charge < -0.3 is 0 Å². The number of hydrogen-bond acceptors (Lipinski definition) is 2. The van der Waals surface area contributed by atoms with E-state index in [0.717, 1.165) is 14.7 Å². The van der Waals surface area contributed by atoms with Gasteiger partial charge in [0.05, 0.1) is 6.21 Å². The lowest BCUT2D eigenvalue weighted by molar-refractivity contribution is 0.0955. The molecule has 0 aliphatic rings. The first kappa shape index (κ1) is 13.7. The summed E-state index contributed by atoms with van der Waals surface area (Å²) in [4.78, 5) is 11.8. The van der Waals surface area contributed by atoms with Gasteiger partial charge in [0.2, 0.25) is 0 Å². The Morgan fingerprint density at radius 1 is 1.16 bits per heavy atom. The highest BCUT2D eigenvalue weighted by Crippen LogP contribution is 2.07. The first-order chi connectivity index (χ1) is 9.16. The van der Waals surface area contributed by atoms with Gasteiger partial charge >= 0.3 is 0 Å². The highest BCUT2D eigenvalue weighted by atomic mass is 127. The van der Waals surface area contributed by atoms with Gasteiger partial charge in [0, 0.05) is 9.13 Å². The summed E-state index contributed by atoms with van der Waals surface area (Å²) in [6.45, 7) is 2.00. The second-order valence-electron chi connectivity index (χ2n) is 4.06. The SMILES string of the molecule is Cc1ccccc1/C=N\NC(=O)c1ccc(I)cc1. The van der Waals surface area contributed by atoms with Crippen molar-refractivity contribution in [3.63, 3.8) is 0 Å². The highest BCUT2D eigenvalue weighted by molar-refractivity contribution is 14.1. The summed E-state index contributed by atoms with van der Waals surface area (Å²) in [6, 6.07) is 15.2. The average molecular weight is 364 g/mol. The lowest BCUT2D eigenvalue weighted by atomic mass is 10.1. The van der Waals surface area contributed by atoms with E-state index in [1.54, 1.807) is 18.3 Å². The lowest BCUT2D eigenvalue weighted by Gasteiger charge is -2.01. The van der Waals surface area contributed by atoms with E-state index in [4.69, 9.17) is 0 Å². The van der Waals surface area contributed by atoms with Crippen molar-refractivity contribution >= 4 is 34.7 Å². The van der Waals surface area contributed by atoms with E-state index in [-0.39, 0.29) is 5.91 Å². The van der Waals surface area contributed by atoms with E-state index in [1.165, 1.54) is 0 Å². The van der Waals surface area contributed by atoms with Crippen molar-refractivity contribution in [1.29, 1.82) is 0 Å². The van der Waals surface area contributed by atoms with Gasteiger partial charge in [0.1, 0.15) is 0 Å². The van der Waals surface area contributed by atoms with E-state index in [1.807, 2.05) is 43.3 Å². The van der Waals surface area contributed by atoms with Crippen molar-refractivity contribution < 1.29 is 4.79 Å². The molecule has 0 aromatic heterocycles. The van der Waals surface area contributed by atoms with Crippen LogP contribution in [-0.4, -0.2) is 12.1 Å². The molecule has 0 saturated carbocycles. The number of hydrogen-bond donors (Lipinski definition) is 1. The number of benzene rings is 2. The van der Waals surface area contributed by atoms with Crippen LogP contribution >= 0.6 is 22.6 Å². The minimum Gasteiger partial charge on any atom is -0.267 e. The van der Waals surface area contributed by atoms with E-state index in [2.05, 4.69) is 33.1 Å². The molecule has 4 heteroatoms. The number of aryl methyl sites for hydroxylation is 1. The van der Waals surface area contributed by atoms with E-state index in [0.29, 0.717) is 5.56 Å². The number of halogens is 1. The fourth-order valence-electron chi connectivity index (χ4n) is 1.56. The van der Waals surface area contributed by atoms with Crippen LogP contribution in [0, 0.1) is 10.5 Å². The molecule has 0 radical (unpaired) electrons. The fourth-order valence-corrected chi connectivity index (χ4v) is 1.92. The van der Waals surface area contributed by atoms with Crippen molar-refractivity contribution in [3.8, 4) is 0 Å². The number of hydrazone groups is 1. The minimum absolute atomic E-state index is 0.207. The van der Waals surface area contributed by atoms with Gasteiger partial charge in [0.15, 0.2) is 0 Å². The average Bonchev–Trinajstić information content (AvgIpc) is 2.41. The number of amides is 1. The molecule has 0 aliphatic carbocycles. The molecular formula is C15H13IN2O. The molecule has 0 saturated heterocycles. The zero-order valence-corrected chi connectivity index (χ0v) is 12.6. The molecule has 0 bridgehead atoms. The van der Waals surface area contributed by atoms with Crippen LogP contribution in [0.5, 0.6) is 0 Å². The number of carbonyl (C=O) groups is 1. The molecular weight excluding hydrogens is 351 g/mol. The zero-order valence-electron chi connectivity index (χ0n) is 10.4. The van der Waals surface area contributed by atoms with Crippen molar-refractivity contribution in [2.24, 2.45) is 5.10 Å². The third kappa shape index (κ3) is 3.89. The summed E-state index contributed by atoms with van der Waals surface area (Å²) in [5, 5.41) is 3.97. The maximum Gasteiger partial charge on any atom is 0.271 e. The molecule has 0 atom stereocenters.